The summed E-state index contributed by atoms with van der Waals surface area (Å²) in [5.74, 6) is 1.74. The smallest absolute Gasteiger partial charge is 0.128 e. The molecule has 0 bridgehead atoms. The molecule has 0 radical (unpaired) electrons. The molecule has 1 fully saturated rings. The fourth-order valence-corrected chi connectivity index (χ4v) is 1.98. The average Bonchev–Trinajstić information content (AvgIpc) is 2.86. The first-order valence-electron chi connectivity index (χ1n) is 4.76. The molecule has 3 unspecified atom stereocenters. The molecule has 4 heteroatoms. The molecule has 1 aromatic rings. The Labute approximate surface area is 88.5 Å². The fraction of sp³-hybridized carbons (Fsp3) is 0.500. The van der Waals surface area contributed by atoms with Crippen molar-refractivity contribution < 1.29 is 0 Å². The van der Waals surface area contributed by atoms with E-state index in [1.165, 1.54) is 6.42 Å². The number of rotatable bonds is 2. The maximum atomic E-state index is 6.08. The van der Waals surface area contributed by atoms with Crippen LogP contribution in [0.3, 0.4) is 0 Å². The van der Waals surface area contributed by atoms with Gasteiger partial charge in [-0.2, -0.15) is 0 Å². The lowest BCUT2D eigenvalue weighted by Gasteiger charge is -2.13. The summed E-state index contributed by atoms with van der Waals surface area (Å²) in [4.78, 5) is 4.00. The molecule has 3 atom stereocenters. The summed E-state index contributed by atoms with van der Waals surface area (Å²) in [6, 6.07) is 1.80. The van der Waals surface area contributed by atoms with E-state index in [1.54, 1.807) is 6.20 Å². The molecule has 1 heterocycles. The Balaban J connectivity index is 2.26. The maximum Gasteiger partial charge on any atom is 0.128 e. The Kier molecular flexibility index (Phi) is 2.37. The zero-order chi connectivity index (χ0) is 10.3. The molecule has 0 spiro atoms. The Morgan fingerprint density at radius 2 is 2.29 bits per heavy atom. The molecule has 0 saturated heterocycles. The van der Waals surface area contributed by atoms with Crippen molar-refractivity contribution in [3.63, 3.8) is 0 Å². The molecule has 3 nitrogen and oxygen atoms in total. The van der Waals surface area contributed by atoms with Gasteiger partial charge < -0.3 is 11.5 Å². The first kappa shape index (κ1) is 9.74. The molecule has 1 aliphatic rings. The number of anilines is 1. The molecule has 0 aliphatic heterocycles. The first-order valence-corrected chi connectivity index (χ1v) is 5.14. The van der Waals surface area contributed by atoms with E-state index in [0.717, 1.165) is 5.56 Å². The van der Waals surface area contributed by atoms with Crippen LogP contribution in [-0.2, 0) is 0 Å². The monoisotopic (exact) mass is 211 g/mol. The average molecular weight is 212 g/mol. The van der Waals surface area contributed by atoms with Gasteiger partial charge in [-0.1, -0.05) is 18.5 Å². The van der Waals surface area contributed by atoms with Crippen molar-refractivity contribution in [2.75, 3.05) is 5.73 Å². The molecular formula is C10H14ClN3. The quantitative estimate of drug-likeness (QED) is 0.786. The van der Waals surface area contributed by atoms with Crippen LogP contribution in [0, 0.1) is 11.8 Å². The van der Waals surface area contributed by atoms with Crippen LogP contribution in [0.4, 0.5) is 5.82 Å². The van der Waals surface area contributed by atoms with Gasteiger partial charge in [0.1, 0.15) is 5.82 Å². The SMILES string of the molecule is CC1CC1C(N)c1cc(Cl)cnc1N. The Morgan fingerprint density at radius 1 is 1.64 bits per heavy atom. The third kappa shape index (κ3) is 1.70. The van der Waals surface area contributed by atoms with Crippen molar-refractivity contribution in [2.45, 2.75) is 19.4 Å². The van der Waals surface area contributed by atoms with E-state index in [1.807, 2.05) is 6.07 Å². The third-order valence-electron chi connectivity index (χ3n) is 2.91. The number of nitrogen functional groups attached to an aromatic ring is 1. The second-order valence-corrected chi connectivity index (χ2v) is 4.47. The van der Waals surface area contributed by atoms with Gasteiger partial charge in [-0.05, 0) is 24.3 Å². The van der Waals surface area contributed by atoms with E-state index in [4.69, 9.17) is 23.1 Å². The maximum absolute atomic E-state index is 6.08. The largest absolute Gasteiger partial charge is 0.383 e. The van der Waals surface area contributed by atoms with Crippen molar-refractivity contribution in [2.24, 2.45) is 17.6 Å². The van der Waals surface area contributed by atoms with E-state index in [0.29, 0.717) is 22.7 Å². The molecule has 4 N–H and O–H groups in total. The summed E-state index contributed by atoms with van der Waals surface area (Å²) in [5, 5.41) is 0.595. The van der Waals surface area contributed by atoms with Crippen LogP contribution in [0.25, 0.3) is 0 Å². The van der Waals surface area contributed by atoms with E-state index in [2.05, 4.69) is 11.9 Å². The van der Waals surface area contributed by atoms with Crippen LogP contribution in [0.2, 0.25) is 5.02 Å². The topological polar surface area (TPSA) is 64.9 Å². The summed E-state index contributed by atoms with van der Waals surface area (Å²) in [7, 11) is 0. The van der Waals surface area contributed by atoms with Gasteiger partial charge in [0, 0.05) is 17.8 Å². The number of pyridine rings is 1. The normalized spacial score (nSPS) is 27.4. The summed E-state index contributed by atoms with van der Waals surface area (Å²) in [6.45, 7) is 2.19. The number of halogens is 1. The highest BCUT2D eigenvalue weighted by molar-refractivity contribution is 6.30. The third-order valence-corrected chi connectivity index (χ3v) is 3.11. The number of nitrogens with zero attached hydrogens (tertiary/aromatic N) is 1. The van der Waals surface area contributed by atoms with Gasteiger partial charge in [-0.25, -0.2) is 4.98 Å². The predicted molar refractivity (Wildman–Crippen MR) is 57.9 cm³/mol. The summed E-state index contributed by atoms with van der Waals surface area (Å²) in [5.41, 5.74) is 12.7. The van der Waals surface area contributed by atoms with Gasteiger partial charge in [-0.3, -0.25) is 0 Å². The van der Waals surface area contributed by atoms with Crippen LogP contribution in [0.1, 0.15) is 24.9 Å². The molecule has 2 rings (SSSR count). The van der Waals surface area contributed by atoms with Crippen molar-refractivity contribution in [1.82, 2.24) is 4.98 Å². The molecule has 1 saturated carbocycles. The summed E-state index contributed by atoms with van der Waals surface area (Å²) >= 11 is 5.85. The zero-order valence-corrected chi connectivity index (χ0v) is 8.83. The van der Waals surface area contributed by atoms with Crippen LogP contribution in [0.15, 0.2) is 12.3 Å². The number of aromatic nitrogens is 1. The minimum Gasteiger partial charge on any atom is -0.383 e. The second-order valence-electron chi connectivity index (χ2n) is 4.03. The number of hydrogen-bond donors (Lipinski definition) is 2. The summed E-state index contributed by atoms with van der Waals surface area (Å²) in [6.07, 6.45) is 2.72. The molecule has 0 amide bonds. The van der Waals surface area contributed by atoms with Gasteiger partial charge in [0.05, 0.1) is 5.02 Å². The minimum atomic E-state index is -0.0174. The summed E-state index contributed by atoms with van der Waals surface area (Å²) < 4.78 is 0. The van der Waals surface area contributed by atoms with Crippen LogP contribution >= 0.6 is 11.6 Å². The molecule has 14 heavy (non-hydrogen) atoms. The van der Waals surface area contributed by atoms with E-state index < -0.39 is 0 Å². The van der Waals surface area contributed by atoms with Crippen LogP contribution in [0.5, 0.6) is 0 Å². The molecule has 76 valence electrons. The van der Waals surface area contributed by atoms with Crippen LogP contribution in [-0.4, -0.2) is 4.98 Å². The lowest BCUT2D eigenvalue weighted by Crippen LogP contribution is -2.16. The lowest BCUT2D eigenvalue weighted by molar-refractivity contribution is 0.593. The van der Waals surface area contributed by atoms with Gasteiger partial charge in [0.2, 0.25) is 0 Å². The highest BCUT2D eigenvalue weighted by atomic mass is 35.5. The van der Waals surface area contributed by atoms with E-state index in [-0.39, 0.29) is 6.04 Å². The lowest BCUT2D eigenvalue weighted by atomic mass is 10.0. The molecular weight excluding hydrogens is 198 g/mol. The molecule has 0 aromatic carbocycles. The standard InChI is InChI=1S/C10H14ClN3/c1-5-2-7(5)9(12)8-3-6(11)4-14-10(8)13/h3-5,7,9H,2,12H2,1H3,(H2,13,14). The predicted octanol–water partition coefficient (Wildman–Crippen LogP) is 1.97. The Hall–Kier alpha value is -0.800. The van der Waals surface area contributed by atoms with Crippen molar-refractivity contribution >= 4 is 17.4 Å². The molecule has 1 aromatic heterocycles. The minimum absolute atomic E-state index is 0.0174. The fourth-order valence-electron chi connectivity index (χ4n) is 1.81. The Bertz CT molecular complexity index is 353. The van der Waals surface area contributed by atoms with Gasteiger partial charge in [0.15, 0.2) is 0 Å². The van der Waals surface area contributed by atoms with Gasteiger partial charge in [0.25, 0.3) is 0 Å². The van der Waals surface area contributed by atoms with Gasteiger partial charge >= 0.3 is 0 Å². The Morgan fingerprint density at radius 3 is 2.86 bits per heavy atom. The van der Waals surface area contributed by atoms with Gasteiger partial charge in [-0.15, -0.1) is 0 Å². The molecule has 1 aliphatic carbocycles. The number of hydrogen-bond acceptors (Lipinski definition) is 3. The van der Waals surface area contributed by atoms with Crippen molar-refractivity contribution in [1.29, 1.82) is 0 Å². The zero-order valence-electron chi connectivity index (χ0n) is 8.07. The van der Waals surface area contributed by atoms with E-state index in [9.17, 15) is 0 Å². The van der Waals surface area contributed by atoms with Crippen molar-refractivity contribution in [3.05, 3.63) is 22.8 Å². The second kappa shape index (κ2) is 3.41. The van der Waals surface area contributed by atoms with E-state index >= 15 is 0 Å². The van der Waals surface area contributed by atoms with Crippen molar-refractivity contribution in [3.8, 4) is 0 Å². The highest BCUT2D eigenvalue weighted by Gasteiger charge is 2.39. The first-order chi connectivity index (χ1) is 6.59. The van der Waals surface area contributed by atoms with Crippen LogP contribution < -0.4 is 11.5 Å². The highest BCUT2D eigenvalue weighted by Crippen LogP contribution is 2.46. The number of nitrogens with two attached hydrogens (primary N) is 2.